The van der Waals surface area contributed by atoms with Crippen molar-refractivity contribution < 1.29 is 9.53 Å². The Morgan fingerprint density at radius 2 is 1.81 bits per heavy atom. The van der Waals surface area contributed by atoms with Gasteiger partial charge in [0.15, 0.2) is 5.96 Å². The van der Waals surface area contributed by atoms with Crippen molar-refractivity contribution in [3.05, 3.63) is 64.7 Å². The number of guanidine groups is 1. The number of hydrogen-bond acceptors (Lipinski definition) is 3. The van der Waals surface area contributed by atoms with Crippen molar-refractivity contribution in [2.24, 2.45) is 4.99 Å². The van der Waals surface area contributed by atoms with Crippen LogP contribution >= 0.6 is 0 Å². The van der Waals surface area contributed by atoms with E-state index >= 15 is 0 Å². The molecule has 6 heteroatoms. The van der Waals surface area contributed by atoms with E-state index in [0.29, 0.717) is 6.54 Å². The van der Waals surface area contributed by atoms with Crippen LogP contribution in [0.4, 0.5) is 0 Å². The van der Waals surface area contributed by atoms with Crippen molar-refractivity contribution in [1.29, 1.82) is 0 Å². The van der Waals surface area contributed by atoms with Crippen LogP contribution in [0.25, 0.3) is 0 Å². The first-order chi connectivity index (χ1) is 15.1. The summed E-state index contributed by atoms with van der Waals surface area (Å²) in [5.41, 5.74) is 4.28. The van der Waals surface area contributed by atoms with Crippen molar-refractivity contribution >= 4 is 11.9 Å². The van der Waals surface area contributed by atoms with Crippen LogP contribution in [0.1, 0.15) is 46.3 Å². The van der Waals surface area contributed by atoms with Gasteiger partial charge >= 0.3 is 0 Å². The molecule has 1 fully saturated rings. The van der Waals surface area contributed by atoms with Gasteiger partial charge in [-0.3, -0.25) is 9.79 Å². The summed E-state index contributed by atoms with van der Waals surface area (Å²) in [4.78, 5) is 18.9. The molecule has 0 unspecified atom stereocenters. The average molecular weight is 423 g/mol. The maximum absolute atomic E-state index is 12.6. The molecule has 1 aliphatic heterocycles. The van der Waals surface area contributed by atoms with E-state index in [4.69, 9.17) is 4.74 Å². The minimum atomic E-state index is 0.142. The quantitative estimate of drug-likeness (QED) is 0.529. The van der Waals surface area contributed by atoms with Gasteiger partial charge in [-0.25, -0.2) is 0 Å². The Morgan fingerprint density at radius 1 is 1.06 bits per heavy atom. The highest BCUT2D eigenvalue weighted by Crippen LogP contribution is 2.19. The lowest BCUT2D eigenvalue weighted by Crippen LogP contribution is -2.38. The lowest BCUT2D eigenvalue weighted by molar-refractivity contribution is 0.0724. The summed E-state index contributed by atoms with van der Waals surface area (Å²) < 4.78 is 5.45. The van der Waals surface area contributed by atoms with E-state index in [2.05, 4.69) is 34.7 Å². The summed E-state index contributed by atoms with van der Waals surface area (Å²) in [6.07, 6.45) is 4.29. The van der Waals surface area contributed by atoms with Gasteiger partial charge in [-0.05, 0) is 61.9 Å². The maximum Gasteiger partial charge on any atom is 0.253 e. The number of ether oxygens (including phenoxy) is 1. The Labute approximate surface area is 185 Å². The molecule has 0 atom stereocenters. The number of methoxy groups -OCH3 is 1. The summed E-state index contributed by atoms with van der Waals surface area (Å²) in [5.74, 6) is 1.80. The molecule has 0 radical (unpaired) electrons. The molecule has 1 saturated heterocycles. The summed E-state index contributed by atoms with van der Waals surface area (Å²) in [6.45, 7) is 5.23. The van der Waals surface area contributed by atoms with Gasteiger partial charge in [-0.2, -0.15) is 0 Å². The zero-order chi connectivity index (χ0) is 22.1. The Kier molecular flexibility index (Phi) is 8.33. The zero-order valence-electron chi connectivity index (χ0n) is 18.9. The number of nitrogens with zero attached hydrogens (tertiary/aromatic N) is 2. The SMILES string of the molecule is CN=C(NCCc1cc(C)ccc1OC)NCc1ccc(C(=O)N2CCCCC2)cc1. The third-order valence-corrected chi connectivity index (χ3v) is 5.65. The predicted octanol–water partition coefficient (Wildman–Crippen LogP) is 3.54. The molecule has 0 aromatic heterocycles. The molecule has 1 aliphatic rings. The van der Waals surface area contributed by atoms with E-state index in [0.717, 1.165) is 61.7 Å². The number of carbonyl (C=O) groups excluding carboxylic acids is 1. The van der Waals surface area contributed by atoms with Crippen molar-refractivity contribution in [3.63, 3.8) is 0 Å². The van der Waals surface area contributed by atoms with E-state index in [1.54, 1.807) is 14.2 Å². The van der Waals surface area contributed by atoms with Crippen LogP contribution in [0, 0.1) is 6.92 Å². The maximum atomic E-state index is 12.6. The Morgan fingerprint density at radius 3 is 2.48 bits per heavy atom. The van der Waals surface area contributed by atoms with E-state index in [1.807, 2.05) is 35.2 Å². The first-order valence-corrected chi connectivity index (χ1v) is 11.1. The number of aliphatic imine (C=N–C) groups is 1. The second kappa shape index (κ2) is 11.4. The number of hydrogen-bond donors (Lipinski definition) is 2. The van der Waals surface area contributed by atoms with Crippen LogP contribution in [-0.4, -0.2) is 50.6 Å². The molecule has 31 heavy (non-hydrogen) atoms. The number of benzene rings is 2. The monoisotopic (exact) mass is 422 g/mol. The van der Waals surface area contributed by atoms with Crippen molar-refractivity contribution in [1.82, 2.24) is 15.5 Å². The fraction of sp³-hybridized carbons (Fsp3) is 0.440. The first-order valence-electron chi connectivity index (χ1n) is 11.1. The molecule has 2 N–H and O–H groups in total. The molecule has 3 rings (SSSR count). The number of aryl methyl sites for hydroxylation is 1. The fourth-order valence-corrected chi connectivity index (χ4v) is 3.87. The average Bonchev–Trinajstić information content (AvgIpc) is 2.82. The van der Waals surface area contributed by atoms with Crippen LogP contribution in [0.2, 0.25) is 0 Å². The summed E-state index contributed by atoms with van der Waals surface area (Å²) in [5, 5.41) is 6.69. The van der Waals surface area contributed by atoms with Gasteiger partial charge in [-0.1, -0.05) is 29.8 Å². The molecule has 166 valence electrons. The van der Waals surface area contributed by atoms with Gasteiger partial charge in [0.25, 0.3) is 5.91 Å². The number of amides is 1. The van der Waals surface area contributed by atoms with Crippen molar-refractivity contribution in [2.45, 2.75) is 39.2 Å². The third kappa shape index (κ3) is 6.48. The standard InChI is InChI=1S/C25H34N4O2/c1-19-7-12-23(31-3)22(17-19)13-14-27-25(26-2)28-18-20-8-10-21(11-9-20)24(30)29-15-5-4-6-16-29/h7-12,17H,4-6,13-16,18H2,1-3H3,(H2,26,27,28). The highest BCUT2D eigenvalue weighted by atomic mass is 16.5. The minimum Gasteiger partial charge on any atom is -0.496 e. The van der Waals surface area contributed by atoms with Gasteiger partial charge in [0.05, 0.1) is 7.11 Å². The summed E-state index contributed by atoms with van der Waals surface area (Å²) >= 11 is 0. The predicted molar refractivity (Wildman–Crippen MR) is 126 cm³/mol. The molecule has 2 aromatic carbocycles. The smallest absolute Gasteiger partial charge is 0.253 e. The number of rotatable bonds is 7. The van der Waals surface area contributed by atoms with Crippen LogP contribution in [0.15, 0.2) is 47.5 Å². The molecule has 1 amide bonds. The lowest BCUT2D eigenvalue weighted by atomic mass is 10.1. The lowest BCUT2D eigenvalue weighted by Gasteiger charge is -2.26. The van der Waals surface area contributed by atoms with E-state index in [9.17, 15) is 4.79 Å². The van der Waals surface area contributed by atoms with Crippen LogP contribution < -0.4 is 15.4 Å². The van der Waals surface area contributed by atoms with E-state index in [-0.39, 0.29) is 5.91 Å². The van der Waals surface area contributed by atoms with Crippen molar-refractivity contribution in [3.8, 4) is 5.75 Å². The normalized spacial score (nSPS) is 14.3. The molecule has 0 saturated carbocycles. The third-order valence-electron chi connectivity index (χ3n) is 5.65. The van der Waals surface area contributed by atoms with Gasteiger partial charge in [0.1, 0.15) is 5.75 Å². The molecule has 6 nitrogen and oxygen atoms in total. The van der Waals surface area contributed by atoms with E-state index in [1.165, 1.54) is 17.5 Å². The second-order valence-electron chi connectivity index (χ2n) is 7.97. The van der Waals surface area contributed by atoms with Crippen LogP contribution in [-0.2, 0) is 13.0 Å². The van der Waals surface area contributed by atoms with E-state index < -0.39 is 0 Å². The molecule has 1 heterocycles. The number of piperidine rings is 1. The largest absolute Gasteiger partial charge is 0.496 e. The number of nitrogens with one attached hydrogen (secondary N) is 2. The molecule has 0 aliphatic carbocycles. The van der Waals surface area contributed by atoms with Crippen molar-refractivity contribution in [2.75, 3.05) is 33.8 Å². The van der Waals surface area contributed by atoms with Gasteiger partial charge < -0.3 is 20.3 Å². The Hall–Kier alpha value is -3.02. The number of carbonyl (C=O) groups is 1. The second-order valence-corrected chi connectivity index (χ2v) is 7.97. The molecule has 0 bridgehead atoms. The Balaban J connectivity index is 1.47. The van der Waals surface area contributed by atoms with Gasteiger partial charge in [0.2, 0.25) is 0 Å². The topological polar surface area (TPSA) is 66.0 Å². The number of likely N-dealkylation sites (tertiary alicyclic amines) is 1. The fourth-order valence-electron chi connectivity index (χ4n) is 3.87. The first kappa shape index (κ1) is 22.7. The molecular weight excluding hydrogens is 388 g/mol. The highest BCUT2D eigenvalue weighted by molar-refractivity contribution is 5.94. The molecular formula is C25H34N4O2. The van der Waals surface area contributed by atoms with Gasteiger partial charge in [0, 0.05) is 38.8 Å². The van der Waals surface area contributed by atoms with Gasteiger partial charge in [-0.15, -0.1) is 0 Å². The van der Waals surface area contributed by atoms with Crippen LogP contribution in [0.5, 0.6) is 5.75 Å². The molecule has 2 aromatic rings. The minimum absolute atomic E-state index is 0.142. The van der Waals surface area contributed by atoms with Crippen LogP contribution in [0.3, 0.4) is 0 Å². The summed E-state index contributed by atoms with van der Waals surface area (Å²) in [7, 11) is 3.47. The molecule has 0 spiro atoms. The summed E-state index contributed by atoms with van der Waals surface area (Å²) in [6, 6.07) is 14.1. The Bertz CT molecular complexity index is 887. The zero-order valence-corrected chi connectivity index (χ0v) is 18.9. The highest BCUT2D eigenvalue weighted by Gasteiger charge is 2.17.